The molecule has 1 aromatic heterocycles. The molecule has 0 saturated heterocycles. The fourth-order valence-corrected chi connectivity index (χ4v) is 2.50. The van der Waals surface area contributed by atoms with Crippen LogP contribution in [0.2, 0.25) is 0 Å². The predicted octanol–water partition coefficient (Wildman–Crippen LogP) is 1.99. The molecular weight excluding hydrogens is 322 g/mol. The lowest BCUT2D eigenvalue weighted by atomic mass is 10.0. The van der Waals surface area contributed by atoms with Crippen LogP contribution in [0.5, 0.6) is 0 Å². The largest absolute Gasteiger partial charge is 0.363 e. The molecule has 0 unspecified atom stereocenters. The quantitative estimate of drug-likeness (QED) is 0.711. The number of unbranched alkanes of at least 4 members (excludes halogenated alkanes) is 1. The Morgan fingerprint density at radius 3 is 2.52 bits per heavy atom. The second kappa shape index (κ2) is 8.23. The van der Waals surface area contributed by atoms with Gasteiger partial charge in [-0.05, 0) is 13.3 Å². The number of aromatic nitrogens is 1. The van der Waals surface area contributed by atoms with E-state index in [9.17, 15) is 14.4 Å². The molecular formula is C18H21N3O4. The maximum Gasteiger partial charge on any atom is 0.287 e. The average molecular weight is 343 g/mol. The minimum Gasteiger partial charge on any atom is -0.363 e. The number of nitrogens with one attached hydrogen (secondary N) is 1. The number of aryl methyl sites for hydroxylation is 1. The Balaban J connectivity index is 2.29. The number of ketones is 1. The molecule has 2 rings (SSSR count). The highest BCUT2D eigenvalue weighted by Gasteiger charge is 2.28. The van der Waals surface area contributed by atoms with Crippen molar-refractivity contribution in [2.45, 2.75) is 39.2 Å². The first-order valence-electron chi connectivity index (χ1n) is 8.11. The maximum atomic E-state index is 12.7. The van der Waals surface area contributed by atoms with Gasteiger partial charge in [-0.25, -0.2) is 0 Å². The number of carbonyl (C=O) groups is 3. The summed E-state index contributed by atoms with van der Waals surface area (Å²) in [5.41, 5.74) is 6.42. The van der Waals surface area contributed by atoms with Gasteiger partial charge in [-0.15, -0.1) is 0 Å². The van der Waals surface area contributed by atoms with E-state index in [2.05, 4.69) is 10.5 Å². The highest BCUT2D eigenvalue weighted by Crippen LogP contribution is 2.26. The topological polar surface area (TPSA) is 115 Å². The van der Waals surface area contributed by atoms with Crippen molar-refractivity contribution in [1.29, 1.82) is 0 Å². The Morgan fingerprint density at radius 2 is 1.92 bits per heavy atom. The van der Waals surface area contributed by atoms with Crippen LogP contribution in [-0.4, -0.2) is 28.8 Å². The van der Waals surface area contributed by atoms with Gasteiger partial charge in [0.1, 0.15) is 5.56 Å². The van der Waals surface area contributed by atoms with Crippen LogP contribution in [0.1, 0.15) is 42.2 Å². The Labute approximate surface area is 145 Å². The van der Waals surface area contributed by atoms with E-state index < -0.39 is 23.6 Å². The minimum atomic E-state index is -1.06. The summed E-state index contributed by atoms with van der Waals surface area (Å²) in [6.45, 7) is 3.59. The van der Waals surface area contributed by atoms with E-state index >= 15 is 0 Å². The van der Waals surface area contributed by atoms with E-state index in [4.69, 9.17) is 10.3 Å². The molecule has 0 bridgehead atoms. The van der Waals surface area contributed by atoms with E-state index in [1.807, 2.05) is 25.1 Å². The van der Waals surface area contributed by atoms with Crippen LogP contribution in [0.15, 0.2) is 34.9 Å². The van der Waals surface area contributed by atoms with Crippen molar-refractivity contribution in [3.8, 4) is 11.3 Å². The number of amides is 2. The lowest BCUT2D eigenvalue weighted by Gasteiger charge is -2.15. The monoisotopic (exact) mass is 343 g/mol. The number of Topliss-reactive ketones (excluding diaryl/α,β-unsaturated/α-hetero) is 1. The molecule has 1 aromatic carbocycles. The third kappa shape index (κ3) is 4.32. The Morgan fingerprint density at radius 1 is 1.24 bits per heavy atom. The molecule has 2 amide bonds. The zero-order valence-corrected chi connectivity index (χ0v) is 14.2. The summed E-state index contributed by atoms with van der Waals surface area (Å²) in [6, 6.07) is 8.10. The van der Waals surface area contributed by atoms with Crippen molar-refractivity contribution in [2.75, 3.05) is 0 Å². The van der Waals surface area contributed by atoms with Crippen molar-refractivity contribution < 1.29 is 18.9 Å². The van der Waals surface area contributed by atoms with Gasteiger partial charge in [0.25, 0.3) is 11.8 Å². The van der Waals surface area contributed by atoms with E-state index in [0.29, 0.717) is 29.9 Å². The lowest BCUT2D eigenvalue weighted by molar-refractivity contribution is -0.137. The zero-order chi connectivity index (χ0) is 18.4. The first-order valence-corrected chi connectivity index (χ1v) is 8.11. The van der Waals surface area contributed by atoms with Gasteiger partial charge in [0.05, 0.1) is 11.7 Å². The smallest absolute Gasteiger partial charge is 0.287 e. The molecule has 7 heteroatoms. The van der Waals surface area contributed by atoms with Gasteiger partial charge in [-0.2, -0.15) is 0 Å². The molecule has 0 spiro atoms. The van der Waals surface area contributed by atoms with Gasteiger partial charge >= 0.3 is 0 Å². The molecule has 1 atom stereocenters. The molecule has 7 nitrogen and oxygen atoms in total. The third-order valence-electron chi connectivity index (χ3n) is 3.84. The normalized spacial score (nSPS) is 11.8. The van der Waals surface area contributed by atoms with Crippen molar-refractivity contribution in [3.63, 3.8) is 0 Å². The van der Waals surface area contributed by atoms with Crippen molar-refractivity contribution in [3.05, 3.63) is 41.6 Å². The van der Waals surface area contributed by atoms with Gasteiger partial charge < -0.3 is 15.6 Å². The molecule has 3 N–H and O–H groups in total. The summed E-state index contributed by atoms with van der Waals surface area (Å²) in [5, 5.41) is 6.45. The minimum absolute atomic E-state index is 0.241. The first-order chi connectivity index (χ1) is 12.0. The zero-order valence-electron chi connectivity index (χ0n) is 14.2. The van der Waals surface area contributed by atoms with E-state index in [-0.39, 0.29) is 5.56 Å². The molecule has 0 aliphatic rings. The molecule has 0 saturated carbocycles. The number of rotatable bonds is 8. The Kier molecular flexibility index (Phi) is 6.05. The third-order valence-corrected chi connectivity index (χ3v) is 3.84. The molecule has 2 aromatic rings. The van der Waals surface area contributed by atoms with Crippen molar-refractivity contribution >= 4 is 17.6 Å². The number of hydrogen-bond acceptors (Lipinski definition) is 5. The summed E-state index contributed by atoms with van der Waals surface area (Å²) in [4.78, 5) is 35.9. The molecule has 0 radical (unpaired) electrons. The second-order valence-corrected chi connectivity index (χ2v) is 5.73. The summed E-state index contributed by atoms with van der Waals surface area (Å²) in [5.74, 6) is -2.08. The van der Waals surface area contributed by atoms with Gasteiger partial charge in [-0.3, -0.25) is 14.4 Å². The number of benzene rings is 1. The molecule has 0 aliphatic heterocycles. The molecule has 0 aliphatic carbocycles. The van der Waals surface area contributed by atoms with Crippen LogP contribution < -0.4 is 11.1 Å². The number of nitrogens with two attached hydrogens (primary N) is 1. The van der Waals surface area contributed by atoms with Crippen LogP contribution in [0.25, 0.3) is 11.3 Å². The fourth-order valence-electron chi connectivity index (χ4n) is 2.50. The van der Waals surface area contributed by atoms with E-state index in [1.165, 1.54) is 0 Å². The molecule has 1 heterocycles. The fraction of sp³-hybridized carbons (Fsp3) is 0.333. The standard InChI is InChI=1S/C18H21N3O4/c1-3-4-10-13(15(22)17(19)23)20-18(24)14-11(2)21-25-16(14)12-8-6-5-7-9-12/h5-9,13H,3-4,10H2,1-2H3,(H2,19,23)(H,20,24)/t13-/m0/s1. The predicted molar refractivity (Wildman–Crippen MR) is 91.7 cm³/mol. The second-order valence-electron chi connectivity index (χ2n) is 5.73. The van der Waals surface area contributed by atoms with Gasteiger partial charge in [-0.1, -0.05) is 55.3 Å². The lowest BCUT2D eigenvalue weighted by Crippen LogP contribution is -2.46. The van der Waals surface area contributed by atoms with Crippen LogP contribution in [-0.2, 0) is 9.59 Å². The number of nitrogens with zero attached hydrogens (tertiary/aromatic N) is 1. The Bertz CT molecular complexity index is 768. The van der Waals surface area contributed by atoms with Gasteiger partial charge in [0, 0.05) is 5.56 Å². The van der Waals surface area contributed by atoms with Crippen molar-refractivity contribution in [1.82, 2.24) is 10.5 Å². The SMILES string of the molecule is CCCC[C@H](NC(=O)c1c(C)noc1-c1ccccc1)C(=O)C(N)=O. The molecule has 0 fully saturated rings. The van der Waals surface area contributed by atoms with Crippen LogP contribution >= 0.6 is 0 Å². The maximum absolute atomic E-state index is 12.7. The highest BCUT2D eigenvalue weighted by atomic mass is 16.5. The van der Waals surface area contributed by atoms with Gasteiger partial charge in [0.2, 0.25) is 5.78 Å². The number of primary amides is 1. The Hall–Kier alpha value is -2.96. The van der Waals surface area contributed by atoms with Crippen LogP contribution in [0, 0.1) is 6.92 Å². The van der Waals surface area contributed by atoms with Gasteiger partial charge in [0.15, 0.2) is 5.76 Å². The highest BCUT2D eigenvalue weighted by molar-refractivity contribution is 6.38. The van der Waals surface area contributed by atoms with Crippen LogP contribution in [0.4, 0.5) is 0 Å². The average Bonchev–Trinajstić information content (AvgIpc) is 3.00. The number of hydrogen-bond donors (Lipinski definition) is 2. The summed E-state index contributed by atoms with van der Waals surface area (Å²) < 4.78 is 5.29. The first kappa shape index (κ1) is 18.4. The molecule has 25 heavy (non-hydrogen) atoms. The summed E-state index contributed by atoms with van der Waals surface area (Å²) in [6.07, 6.45) is 1.84. The van der Waals surface area contributed by atoms with E-state index in [1.54, 1.807) is 19.1 Å². The molecule has 132 valence electrons. The number of carbonyl (C=O) groups excluding carboxylic acids is 3. The van der Waals surface area contributed by atoms with E-state index in [0.717, 1.165) is 6.42 Å². The summed E-state index contributed by atoms with van der Waals surface area (Å²) in [7, 11) is 0. The van der Waals surface area contributed by atoms with Crippen LogP contribution in [0.3, 0.4) is 0 Å². The van der Waals surface area contributed by atoms with Crippen molar-refractivity contribution in [2.24, 2.45) is 5.73 Å². The summed E-state index contributed by atoms with van der Waals surface area (Å²) >= 11 is 0.